The number of rotatable bonds is 2. The molecule has 2 N–H and O–H groups in total. The molecule has 112 valence electrons. The van der Waals surface area contributed by atoms with Gasteiger partial charge in [-0.2, -0.15) is 5.26 Å². The van der Waals surface area contributed by atoms with E-state index >= 15 is 0 Å². The second-order valence-electron chi connectivity index (χ2n) is 5.25. The molecule has 0 aliphatic carbocycles. The van der Waals surface area contributed by atoms with Gasteiger partial charge in [0.25, 0.3) is 0 Å². The van der Waals surface area contributed by atoms with Crippen LogP contribution in [0, 0.1) is 24.1 Å². The molecule has 0 saturated carbocycles. The fraction of sp³-hybridized carbons (Fsp3) is 0.0526. The van der Waals surface area contributed by atoms with Crippen LogP contribution in [0.1, 0.15) is 11.1 Å². The van der Waals surface area contributed by atoms with Gasteiger partial charge in [-0.1, -0.05) is 36.4 Å². The maximum absolute atomic E-state index is 13.5. The maximum Gasteiger partial charge on any atom is 0.142 e. The van der Waals surface area contributed by atoms with Gasteiger partial charge in [-0.05, 0) is 36.2 Å². The van der Waals surface area contributed by atoms with Crippen molar-refractivity contribution in [1.82, 2.24) is 4.98 Å². The summed E-state index contributed by atoms with van der Waals surface area (Å²) < 4.78 is 13.5. The summed E-state index contributed by atoms with van der Waals surface area (Å²) in [6.45, 7) is 1.98. The topological polar surface area (TPSA) is 62.7 Å². The van der Waals surface area contributed by atoms with E-state index in [-0.39, 0.29) is 17.2 Å². The summed E-state index contributed by atoms with van der Waals surface area (Å²) in [4.78, 5) is 4.35. The van der Waals surface area contributed by atoms with Crippen LogP contribution < -0.4 is 5.73 Å². The van der Waals surface area contributed by atoms with E-state index in [9.17, 15) is 9.65 Å². The number of aromatic nitrogens is 1. The number of aryl methyl sites for hydroxylation is 1. The van der Waals surface area contributed by atoms with Crippen molar-refractivity contribution in [2.45, 2.75) is 6.92 Å². The Morgan fingerprint density at radius 3 is 2.52 bits per heavy atom. The molecule has 0 atom stereocenters. The van der Waals surface area contributed by atoms with Crippen molar-refractivity contribution >= 4 is 5.82 Å². The van der Waals surface area contributed by atoms with Crippen LogP contribution in [0.4, 0.5) is 10.2 Å². The minimum absolute atomic E-state index is 0.146. The number of pyridine rings is 1. The summed E-state index contributed by atoms with van der Waals surface area (Å²) in [5, 5.41) is 9.38. The molecule has 3 rings (SSSR count). The molecule has 0 aliphatic heterocycles. The quantitative estimate of drug-likeness (QED) is 0.767. The average Bonchev–Trinajstić information content (AvgIpc) is 2.54. The highest BCUT2D eigenvalue weighted by Crippen LogP contribution is 2.32. The number of hydrogen-bond donors (Lipinski definition) is 1. The third-order valence-corrected chi connectivity index (χ3v) is 3.72. The van der Waals surface area contributed by atoms with Crippen LogP contribution in [0.2, 0.25) is 0 Å². The molecule has 23 heavy (non-hydrogen) atoms. The summed E-state index contributed by atoms with van der Waals surface area (Å²) >= 11 is 0. The number of halogens is 1. The van der Waals surface area contributed by atoms with Gasteiger partial charge in [0.15, 0.2) is 0 Å². The highest BCUT2D eigenvalue weighted by atomic mass is 19.1. The lowest BCUT2D eigenvalue weighted by molar-refractivity contribution is 0.628. The van der Waals surface area contributed by atoms with Gasteiger partial charge in [0, 0.05) is 11.1 Å². The first-order valence-corrected chi connectivity index (χ1v) is 7.12. The van der Waals surface area contributed by atoms with Crippen LogP contribution in [0.25, 0.3) is 22.4 Å². The van der Waals surface area contributed by atoms with Crippen LogP contribution >= 0.6 is 0 Å². The van der Waals surface area contributed by atoms with Gasteiger partial charge >= 0.3 is 0 Å². The third-order valence-electron chi connectivity index (χ3n) is 3.72. The Hall–Kier alpha value is -3.19. The number of nitrogens with two attached hydrogens (primary N) is 1. The molecule has 0 fully saturated rings. The van der Waals surface area contributed by atoms with Crippen molar-refractivity contribution in [2.75, 3.05) is 5.73 Å². The zero-order valence-corrected chi connectivity index (χ0v) is 12.5. The van der Waals surface area contributed by atoms with Crippen molar-refractivity contribution in [3.8, 4) is 28.5 Å². The smallest absolute Gasteiger partial charge is 0.142 e. The molecular weight excluding hydrogens is 289 g/mol. The molecule has 0 bridgehead atoms. The van der Waals surface area contributed by atoms with Gasteiger partial charge in [0.05, 0.1) is 5.69 Å². The molecule has 1 heterocycles. The van der Waals surface area contributed by atoms with Gasteiger partial charge in [0.1, 0.15) is 23.3 Å². The lowest BCUT2D eigenvalue weighted by atomic mass is 9.97. The van der Waals surface area contributed by atoms with Gasteiger partial charge in [-0.3, -0.25) is 0 Å². The maximum atomic E-state index is 13.5. The Bertz CT molecular complexity index is 926. The average molecular weight is 303 g/mol. The van der Waals surface area contributed by atoms with E-state index < -0.39 is 0 Å². The molecule has 0 saturated heterocycles. The van der Waals surface area contributed by atoms with Crippen LogP contribution in [-0.2, 0) is 0 Å². The van der Waals surface area contributed by atoms with E-state index in [0.717, 1.165) is 11.1 Å². The van der Waals surface area contributed by atoms with Crippen LogP contribution in [0.15, 0.2) is 54.6 Å². The second kappa shape index (κ2) is 5.90. The Kier molecular flexibility index (Phi) is 3.78. The second-order valence-corrected chi connectivity index (χ2v) is 5.25. The fourth-order valence-electron chi connectivity index (χ4n) is 2.56. The summed E-state index contributed by atoms with van der Waals surface area (Å²) in [6.07, 6.45) is 0. The number of nitrogens with zero attached hydrogens (tertiary/aromatic N) is 2. The van der Waals surface area contributed by atoms with Gasteiger partial charge in [-0.15, -0.1) is 0 Å². The number of nitriles is 1. The molecule has 3 nitrogen and oxygen atoms in total. The number of anilines is 1. The van der Waals surface area contributed by atoms with Crippen molar-refractivity contribution in [3.63, 3.8) is 0 Å². The van der Waals surface area contributed by atoms with E-state index in [0.29, 0.717) is 16.8 Å². The first-order valence-electron chi connectivity index (χ1n) is 7.12. The first-order chi connectivity index (χ1) is 11.1. The standard InChI is InChI=1S/C19H14FN3/c1-12-5-2-3-8-15(12)18-10-16(17(11-21)19(22)23-18)13-6-4-7-14(20)9-13/h2-10H,1H3,(H2,22,23). The highest BCUT2D eigenvalue weighted by Gasteiger charge is 2.14. The van der Waals surface area contributed by atoms with E-state index in [1.807, 2.05) is 31.2 Å². The fourth-order valence-corrected chi connectivity index (χ4v) is 2.56. The minimum Gasteiger partial charge on any atom is -0.383 e. The van der Waals surface area contributed by atoms with E-state index in [1.165, 1.54) is 12.1 Å². The number of nitrogen functional groups attached to an aromatic ring is 1. The molecule has 3 aromatic rings. The van der Waals surface area contributed by atoms with Gasteiger partial charge in [-0.25, -0.2) is 9.37 Å². The lowest BCUT2D eigenvalue weighted by Gasteiger charge is -2.11. The van der Waals surface area contributed by atoms with Crippen molar-refractivity contribution in [2.24, 2.45) is 0 Å². The third kappa shape index (κ3) is 2.77. The van der Waals surface area contributed by atoms with E-state index in [4.69, 9.17) is 5.73 Å². The Balaban J connectivity index is 2.27. The van der Waals surface area contributed by atoms with Crippen molar-refractivity contribution in [3.05, 3.63) is 71.5 Å². The molecule has 1 aromatic heterocycles. The molecule has 0 amide bonds. The van der Waals surface area contributed by atoms with Crippen LogP contribution in [0.3, 0.4) is 0 Å². The SMILES string of the molecule is Cc1ccccc1-c1cc(-c2cccc(F)c2)c(C#N)c(N)n1. The predicted octanol–water partition coefficient (Wildman–Crippen LogP) is 4.32. The Morgan fingerprint density at radius 1 is 1.04 bits per heavy atom. The first kappa shape index (κ1) is 14.7. The molecule has 0 aliphatic rings. The normalized spacial score (nSPS) is 10.3. The molecule has 0 radical (unpaired) electrons. The Labute approximate surface area is 133 Å². The van der Waals surface area contributed by atoms with Crippen molar-refractivity contribution in [1.29, 1.82) is 5.26 Å². The minimum atomic E-state index is -0.362. The van der Waals surface area contributed by atoms with Crippen LogP contribution in [-0.4, -0.2) is 4.98 Å². The molecule has 0 unspecified atom stereocenters. The molecule has 2 aromatic carbocycles. The summed E-state index contributed by atoms with van der Waals surface area (Å²) in [5.74, 6) is -0.216. The predicted molar refractivity (Wildman–Crippen MR) is 88.9 cm³/mol. The highest BCUT2D eigenvalue weighted by molar-refractivity contribution is 5.80. The monoisotopic (exact) mass is 303 g/mol. The number of benzene rings is 2. The van der Waals surface area contributed by atoms with E-state index in [2.05, 4.69) is 11.1 Å². The summed E-state index contributed by atoms with van der Waals surface area (Å²) in [7, 11) is 0. The zero-order valence-electron chi connectivity index (χ0n) is 12.5. The molecule has 4 heteroatoms. The zero-order chi connectivity index (χ0) is 16.4. The number of hydrogen-bond acceptors (Lipinski definition) is 3. The van der Waals surface area contributed by atoms with Gasteiger partial charge < -0.3 is 5.73 Å². The van der Waals surface area contributed by atoms with Crippen LogP contribution in [0.5, 0.6) is 0 Å². The van der Waals surface area contributed by atoms with Crippen molar-refractivity contribution < 1.29 is 4.39 Å². The molecule has 0 spiro atoms. The van der Waals surface area contributed by atoms with Gasteiger partial charge in [0.2, 0.25) is 0 Å². The molecular formula is C19H14FN3. The Morgan fingerprint density at radius 2 is 1.83 bits per heavy atom. The van der Waals surface area contributed by atoms with E-state index in [1.54, 1.807) is 18.2 Å². The summed E-state index contributed by atoms with van der Waals surface area (Å²) in [6, 6.07) is 17.7. The largest absolute Gasteiger partial charge is 0.383 e. The lowest BCUT2D eigenvalue weighted by Crippen LogP contribution is -2.00. The summed E-state index contributed by atoms with van der Waals surface area (Å²) in [5.41, 5.74) is 10.1.